The van der Waals surface area contributed by atoms with Gasteiger partial charge in [-0.05, 0) is 55.3 Å². The zero-order chi connectivity index (χ0) is 18.8. The molecule has 0 fully saturated rings. The minimum Gasteiger partial charge on any atom is -0.388 e. The van der Waals surface area contributed by atoms with Gasteiger partial charge in [0.1, 0.15) is 0 Å². The van der Waals surface area contributed by atoms with Gasteiger partial charge in [-0.1, -0.05) is 23.8 Å². The van der Waals surface area contributed by atoms with E-state index in [2.05, 4.69) is 32.9 Å². The lowest BCUT2D eigenvalue weighted by Crippen LogP contribution is -2.10. The molecule has 0 saturated carbocycles. The third-order valence-corrected chi connectivity index (χ3v) is 4.32. The third kappa shape index (κ3) is 6.64. The maximum atomic E-state index is 4.45. The molecule has 26 heavy (non-hydrogen) atoms. The van der Waals surface area contributed by atoms with E-state index < -0.39 is 0 Å². The Morgan fingerprint density at radius 2 is 1.77 bits per heavy atom. The number of aliphatic imine (C=N–C) groups is 2. The van der Waals surface area contributed by atoms with E-state index >= 15 is 0 Å². The van der Waals surface area contributed by atoms with Gasteiger partial charge in [-0.2, -0.15) is 0 Å². The maximum absolute atomic E-state index is 4.45. The van der Waals surface area contributed by atoms with Crippen molar-refractivity contribution in [2.75, 3.05) is 29.3 Å². The molecule has 0 bridgehead atoms. The summed E-state index contributed by atoms with van der Waals surface area (Å²) < 4.78 is 0. The van der Waals surface area contributed by atoms with E-state index in [0.717, 1.165) is 22.0 Å². The van der Waals surface area contributed by atoms with Crippen LogP contribution in [0.4, 0.5) is 17.1 Å². The highest BCUT2D eigenvalue weighted by Gasteiger charge is 1.98. The number of guanidine groups is 1. The monoisotopic (exact) mass is 367 g/mol. The van der Waals surface area contributed by atoms with Gasteiger partial charge in [0.25, 0.3) is 0 Å². The molecular formula is C20H25N5S. The van der Waals surface area contributed by atoms with Crippen molar-refractivity contribution in [2.24, 2.45) is 9.98 Å². The molecule has 3 N–H and O–H groups in total. The first-order valence-electron chi connectivity index (χ1n) is 8.30. The number of nitrogens with one attached hydrogen (secondary N) is 3. The molecule has 0 aliphatic carbocycles. The van der Waals surface area contributed by atoms with Gasteiger partial charge >= 0.3 is 0 Å². The lowest BCUT2D eigenvalue weighted by molar-refractivity contribution is 1.41. The summed E-state index contributed by atoms with van der Waals surface area (Å²) in [4.78, 5) is 9.99. The predicted octanol–water partition coefficient (Wildman–Crippen LogP) is 5.17. The van der Waals surface area contributed by atoms with Crippen LogP contribution in [0.5, 0.6) is 0 Å². The summed E-state index contributed by atoms with van der Waals surface area (Å²) >= 11 is 1.65. The van der Waals surface area contributed by atoms with Crippen LogP contribution >= 0.6 is 11.8 Å². The molecule has 0 atom stereocenters. The lowest BCUT2D eigenvalue weighted by Gasteiger charge is -2.07. The number of anilines is 3. The lowest BCUT2D eigenvalue weighted by atomic mass is 10.2. The molecule has 0 saturated heterocycles. The van der Waals surface area contributed by atoms with Crippen LogP contribution in [0.15, 0.2) is 69.6 Å². The molecule has 6 heteroatoms. The summed E-state index contributed by atoms with van der Waals surface area (Å²) in [6.07, 6.45) is 5.46. The van der Waals surface area contributed by atoms with Crippen molar-refractivity contribution >= 4 is 41.1 Å². The van der Waals surface area contributed by atoms with Gasteiger partial charge in [-0.25, -0.2) is 9.98 Å². The van der Waals surface area contributed by atoms with Crippen molar-refractivity contribution < 1.29 is 0 Å². The first-order chi connectivity index (χ1) is 12.6. The van der Waals surface area contributed by atoms with Crippen LogP contribution in [0.2, 0.25) is 0 Å². The molecule has 5 nitrogen and oxygen atoms in total. The molecule has 136 valence electrons. The SMILES string of the molecule is CNc1cccc(N/C=N/C(=N\C=C(/C)SC)Nc2ccc(C)cc2)c1. The number of thioether (sulfide) groups is 1. The van der Waals surface area contributed by atoms with E-state index in [9.17, 15) is 0 Å². The van der Waals surface area contributed by atoms with Gasteiger partial charge in [0.2, 0.25) is 5.96 Å². The first-order valence-corrected chi connectivity index (χ1v) is 9.52. The van der Waals surface area contributed by atoms with Gasteiger partial charge in [0.15, 0.2) is 0 Å². The molecule has 2 aromatic rings. The Hall–Kier alpha value is -2.73. The molecule has 0 aliphatic rings. The van der Waals surface area contributed by atoms with Crippen molar-refractivity contribution in [3.05, 3.63) is 65.2 Å². The normalized spacial score (nSPS) is 12.3. The average molecular weight is 368 g/mol. The summed E-state index contributed by atoms with van der Waals surface area (Å²) in [5.74, 6) is 0.513. The van der Waals surface area contributed by atoms with E-state index in [1.54, 1.807) is 24.3 Å². The van der Waals surface area contributed by atoms with Gasteiger partial charge in [0, 0.05) is 30.3 Å². The zero-order valence-corrected chi connectivity index (χ0v) is 16.4. The summed E-state index contributed by atoms with van der Waals surface area (Å²) in [7, 11) is 1.89. The Kier molecular flexibility index (Phi) is 7.76. The number of benzene rings is 2. The van der Waals surface area contributed by atoms with Crippen LogP contribution in [-0.2, 0) is 0 Å². The molecular weight excluding hydrogens is 342 g/mol. The number of allylic oxidation sites excluding steroid dienone is 1. The molecule has 0 unspecified atom stereocenters. The molecule has 0 amide bonds. The summed E-state index contributed by atoms with van der Waals surface area (Å²) in [6, 6.07) is 16.1. The Labute approximate surface area is 159 Å². The second-order valence-corrected chi connectivity index (χ2v) is 6.67. The Bertz CT molecular complexity index is 794. The average Bonchev–Trinajstić information content (AvgIpc) is 2.67. The van der Waals surface area contributed by atoms with Gasteiger partial charge < -0.3 is 16.0 Å². The number of aryl methyl sites for hydroxylation is 1. The second-order valence-electron chi connectivity index (χ2n) is 5.62. The van der Waals surface area contributed by atoms with Crippen molar-refractivity contribution in [1.82, 2.24) is 0 Å². The molecule has 0 heterocycles. The van der Waals surface area contributed by atoms with Crippen molar-refractivity contribution in [3.8, 4) is 0 Å². The van der Waals surface area contributed by atoms with E-state index in [-0.39, 0.29) is 0 Å². The van der Waals surface area contributed by atoms with Crippen LogP contribution in [-0.4, -0.2) is 25.6 Å². The summed E-state index contributed by atoms with van der Waals surface area (Å²) in [5.41, 5.74) is 4.14. The van der Waals surface area contributed by atoms with Crippen molar-refractivity contribution in [1.29, 1.82) is 0 Å². The highest BCUT2D eigenvalue weighted by atomic mass is 32.2. The number of nitrogens with zero attached hydrogens (tertiary/aromatic N) is 2. The van der Waals surface area contributed by atoms with E-state index in [0.29, 0.717) is 5.96 Å². The second kappa shape index (κ2) is 10.3. The quantitative estimate of drug-likeness (QED) is 0.487. The van der Waals surface area contributed by atoms with Gasteiger partial charge in [0.05, 0.1) is 6.34 Å². The van der Waals surface area contributed by atoms with Crippen LogP contribution < -0.4 is 16.0 Å². The Morgan fingerprint density at radius 3 is 2.46 bits per heavy atom. The molecule has 0 aliphatic heterocycles. The van der Waals surface area contributed by atoms with Crippen LogP contribution in [0.25, 0.3) is 0 Å². The van der Waals surface area contributed by atoms with E-state index in [1.807, 2.05) is 68.8 Å². The fourth-order valence-electron chi connectivity index (χ4n) is 2.00. The Morgan fingerprint density at radius 1 is 1.04 bits per heavy atom. The number of hydrogen-bond donors (Lipinski definition) is 3. The topological polar surface area (TPSA) is 60.8 Å². The number of hydrogen-bond acceptors (Lipinski definition) is 3. The molecule has 0 radical (unpaired) electrons. The van der Waals surface area contributed by atoms with E-state index in [1.165, 1.54) is 5.56 Å². The van der Waals surface area contributed by atoms with Crippen molar-refractivity contribution in [2.45, 2.75) is 13.8 Å². The number of rotatable bonds is 6. The summed E-state index contributed by atoms with van der Waals surface area (Å²) in [6.45, 7) is 4.08. The minimum absolute atomic E-state index is 0.513. The largest absolute Gasteiger partial charge is 0.388 e. The maximum Gasteiger partial charge on any atom is 0.228 e. The minimum atomic E-state index is 0.513. The van der Waals surface area contributed by atoms with Crippen molar-refractivity contribution in [3.63, 3.8) is 0 Å². The summed E-state index contributed by atoms with van der Waals surface area (Å²) in [5, 5.41) is 9.52. The molecule has 0 spiro atoms. The van der Waals surface area contributed by atoms with Gasteiger partial charge in [-0.3, -0.25) is 0 Å². The van der Waals surface area contributed by atoms with Crippen LogP contribution in [0, 0.1) is 6.92 Å². The standard InChI is InChI=1S/C20H25N5S/c1-15-8-10-17(11-9-15)25-20(22-13-16(2)26-4)24-14-23-19-7-5-6-18(12-19)21-3/h5-14,21H,1-4H3,(H2,22,23,24,25)/b16-13+. The third-order valence-electron chi connectivity index (χ3n) is 3.57. The highest BCUT2D eigenvalue weighted by Crippen LogP contribution is 2.14. The molecule has 0 aromatic heterocycles. The molecule has 2 rings (SSSR count). The predicted molar refractivity (Wildman–Crippen MR) is 118 cm³/mol. The highest BCUT2D eigenvalue weighted by molar-refractivity contribution is 8.02. The first kappa shape index (κ1) is 19.6. The fourth-order valence-corrected chi connectivity index (χ4v) is 2.16. The zero-order valence-electron chi connectivity index (χ0n) is 15.6. The van der Waals surface area contributed by atoms with Crippen LogP contribution in [0.1, 0.15) is 12.5 Å². The van der Waals surface area contributed by atoms with Gasteiger partial charge in [-0.15, -0.1) is 11.8 Å². The molecule has 2 aromatic carbocycles. The Balaban J connectivity index is 2.13. The van der Waals surface area contributed by atoms with E-state index in [4.69, 9.17) is 0 Å². The fraction of sp³-hybridized carbons (Fsp3) is 0.200. The smallest absolute Gasteiger partial charge is 0.228 e. The van der Waals surface area contributed by atoms with Crippen LogP contribution in [0.3, 0.4) is 0 Å².